The second kappa shape index (κ2) is 6.92. The fraction of sp³-hybridized carbons (Fsp3) is 0.714. The van der Waals surface area contributed by atoms with Crippen molar-refractivity contribution in [2.24, 2.45) is 0 Å². The van der Waals surface area contributed by atoms with Crippen LogP contribution >= 0.6 is 0 Å². The lowest BCUT2D eigenvalue weighted by Gasteiger charge is -2.19. The lowest BCUT2D eigenvalue weighted by molar-refractivity contribution is 0.0773. The molecule has 1 atom stereocenters. The molecular formula is C14H24N2O2. The van der Waals surface area contributed by atoms with E-state index in [0.717, 1.165) is 44.3 Å². The molecular weight excluding hydrogens is 228 g/mol. The molecule has 1 unspecified atom stereocenters. The van der Waals surface area contributed by atoms with Gasteiger partial charge in [0.15, 0.2) is 0 Å². The third-order valence-corrected chi connectivity index (χ3v) is 3.23. The molecule has 0 amide bonds. The minimum absolute atomic E-state index is 0.409. The number of hydrogen-bond donors (Lipinski definition) is 1. The van der Waals surface area contributed by atoms with Gasteiger partial charge in [0.2, 0.25) is 0 Å². The van der Waals surface area contributed by atoms with Crippen LogP contribution in [0.15, 0.2) is 16.5 Å². The summed E-state index contributed by atoms with van der Waals surface area (Å²) < 4.78 is 11.4. The summed E-state index contributed by atoms with van der Waals surface area (Å²) in [6.45, 7) is 6.64. The summed E-state index contributed by atoms with van der Waals surface area (Å²) >= 11 is 0. The first kappa shape index (κ1) is 13.6. The van der Waals surface area contributed by atoms with E-state index in [0.29, 0.717) is 6.10 Å². The van der Waals surface area contributed by atoms with Gasteiger partial charge in [-0.15, -0.1) is 0 Å². The summed E-state index contributed by atoms with van der Waals surface area (Å²) in [5.41, 5.74) is 0. The Morgan fingerprint density at radius 2 is 2.22 bits per heavy atom. The van der Waals surface area contributed by atoms with Crippen molar-refractivity contribution in [3.63, 3.8) is 0 Å². The highest BCUT2D eigenvalue weighted by Crippen LogP contribution is 2.15. The predicted molar refractivity (Wildman–Crippen MR) is 71.4 cm³/mol. The van der Waals surface area contributed by atoms with Crippen LogP contribution in [0.3, 0.4) is 0 Å². The summed E-state index contributed by atoms with van der Waals surface area (Å²) in [5, 5.41) is 3.26. The first-order chi connectivity index (χ1) is 8.78. The lowest BCUT2D eigenvalue weighted by atomic mass is 10.2. The van der Waals surface area contributed by atoms with E-state index < -0.39 is 0 Å². The molecule has 0 aliphatic carbocycles. The topological polar surface area (TPSA) is 37.6 Å². The van der Waals surface area contributed by atoms with Gasteiger partial charge in [-0.05, 0) is 38.6 Å². The maximum atomic E-state index is 5.78. The van der Waals surface area contributed by atoms with Crippen LogP contribution < -0.4 is 5.32 Å². The van der Waals surface area contributed by atoms with E-state index in [1.807, 2.05) is 0 Å². The third kappa shape index (κ3) is 4.12. The molecule has 1 aromatic rings. The Morgan fingerprint density at radius 1 is 1.39 bits per heavy atom. The van der Waals surface area contributed by atoms with E-state index in [-0.39, 0.29) is 0 Å². The fourth-order valence-electron chi connectivity index (χ4n) is 2.32. The van der Waals surface area contributed by atoms with E-state index in [1.54, 1.807) is 0 Å². The zero-order valence-corrected chi connectivity index (χ0v) is 11.4. The summed E-state index contributed by atoms with van der Waals surface area (Å²) in [7, 11) is 2.12. The molecule has 1 aliphatic heterocycles. The molecule has 1 saturated heterocycles. The third-order valence-electron chi connectivity index (χ3n) is 3.23. The van der Waals surface area contributed by atoms with Crippen LogP contribution in [0.25, 0.3) is 0 Å². The number of hydrogen-bond acceptors (Lipinski definition) is 4. The lowest BCUT2D eigenvalue weighted by Crippen LogP contribution is -2.28. The first-order valence-corrected chi connectivity index (χ1v) is 6.86. The second-order valence-electron chi connectivity index (χ2n) is 4.98. The highest BCUT2D eigenvalue weighted by Gasteiger charge is 2.17. The maximum absolute atomic E-state index is 5.78. The van der Waals surface area contributed by atoms with Gasteiger partial charge >= 0.3 is 0 Å². The van der Waals surface area contributed by atoms with Gasteiger partial charge in [0.25, 0.3) is 0 Å². The summed E-state index contributed by atoms with van der Waals surface area (Å²) in [6, 6.07) is 4.12. The van der Waals surface area contributed by atoms with Crippen molar-refractivity contribution in [1.29, 1.82) is 0 Å². The molecule has 18 heavy (non-hydrogen) atoms. The normalized spacial score (nSPS) is 19.8. The monoisotopic (exact) mass is 252 g/mol. The Bertz CT molecular complexity index is 345. The van der Waals surface area contributed by atoms with Crippen LogP contribution in [0.5, 0.6) is 0 Å². The molecule has 4 nitrogen and oxygen atoms in total. The number of likely N-dealkylation sites (N-methyl/N-ethyl adjacent to an activating group) is 1. The van der Waals surface area contributed by atoms with Crippen LogP contribution in [0.1, 0.15) is 31.3 Å². The largest absolute Gasteiger partial charge is 0.463 e. The first-order valence-electron chi connectivity index (χ1n) is 6.86. The number of ether oxygens (including phenoxy) is 1. The van der Waals surface area contributed by atoms with E-state index in [1.165, 1.54) is 12.8 Å². The number of nitrogens with one attached hydrogen (secondary N) is 1. The Hall–Kier alpha value is -0.840. The van der Waals surface area contributed by atoms with Gasteiger partial charge in [0.05, 0.1) is 19.2 Å². The SMILES string of the molecule is CCNCc1ccc(CN(C)CC2CCCO2)o1. The predicted octanol–water partition coefficient (Wildman–Crippen LogP) is 2.00. The molecule has 0 aromatic carbocycles. The average Bonchev–Trinajstić information content (AvgIpc) is 2.98. The molecule has 0 radical (unpaired) electrons. The molecule has 1 aliphatic rings. The standard InChI is InChI=1S/C14H24N2O2/c1-3-15-9-12-6-7-14(18-12)11-16(2)10-13-5-4-8-17-13/h6-7,13,15H,3-5,8-11H2,1-2H3. The van der Waals surface area contributed by atoms with E-state index in [4.69, 9.17) is 9.15 Å². The van der Waals surface area contributed by atoms with Gasteiger partial charge in [0, 0.05) is 13.2 Å². The number of furan rings is 1. The molecule has 0 bridgehead atoms. The van der Waals surface area contributed by atoms with Gasteiger partial charge in [0.1, 0.15) is 11.5 Å². The van der Waals surface area contributed by atoms with Crippen LogP contribution in [0.4, 0.5) is 0 Å². The van der Waals surface area contributed by atoms with Gasteiger partial charge in [-0.25, -0.2) is 0 Å². The van der Waals surface area contributed by atoms with Crippen molar-refractivity contribution in [3.05, 3.63) is 23.7 Å². The van der Waals surface area contributed by atoms with Crippen LogP contribution in [-0.4, -0.2) is 37.7 Å². The van der Waals surface area contributed by atoms with Crippen molar-refractivity contribution in [3.8, 4) is 0 Å². The van der Waals surface area contributed by atoms with Crippen molar-refractivity contribution < 1.29 is 9.15 Å². The second-order valence-corrected chi connectivity index (χ2v) is 4.98. The van der Waals surface area contributed by atoms with Crippen molar-refractivity contribution >= 4 is 0 Å². The Kier molecular flexibility index (Phi) is 5.23. The van der Waals surface area contributed by atoms with Crippen molar-refractivity contribution in [2.45, 2.75) is 39.0 Å². The Labute approximate surface area is 109 Å². The fourth-order valence-corrected chi connectivity index (χ4v) is 2.32. The maximum Gasteiger partial charge on any atom is 0.118 e. The van der Waals surface area contributed by atoms with Crippen molar-refractivity contribution in [1.82, 2.24) is 10.2 Å². The molecule has 102 valence electrons. The quantitative estimate of drug-likeness (QED) is 0.805. The van der Waals surface area contributed by atoms with E-state index in [9.17, 15) is 0 Å². The molecule has 1 fully saturated rings. The van der Waals surface area contributed by atoms with Gasteiger partial charge in [-0.1, -0.05) is 6.92 Å². The number of rotatable bonds is 7. The van der Waals surface area contributed by atoms with Crippen LogP contribution in [-0.2, 0) is 17.8 Å². The van der Waals surface area contributed by atoms with E-state index in [2.05, 4.69) is 36.3 Å². The van der Waals surface area contributed by atoms with Gasteiger partial charge in [-0.2, -0.15) is 0 Å². The molecule has 0 saturated carbocycles. The molecule has 2 rings (SSSR count). The zero-order chi connectivity index (χ0) is 12.8. The zero-order valence-electron chi connectivity index (χ0n) is 11.4. The van der Waals surface area contributed by atoms with Crippen LogP contribution in [0, 0.1) is 0 Å². The minimum Gasteiger partial charge on any atom is -0.463 e. The van der Waals surface area contributed by atoms with Crippen LogP contribution in [0.2, 0.25) is 0 Å². The summed E-state index contributed by atoms with van der Waals surface area (Å²) in [4.78, 5) is 2.27. The molecule has 1 aromatic heterocycles. The smallest absolute Gasteiger partial charge is 0.118 e. The molecule has 1 N–H and O–H groups in total. The molecule has 4 heteroatoms. The molecule has 2 heterocycles. The average molecular weight is 252 g/mol. The minimum atomic E-state index is 0.409. The summed E-state index contributed by atoms with van der Waals surface area (Å²) in [6.07, 6.45) is 2.80. The Balaban J connectivity index is 1.75. The molecule has 0 spiro atoms. The summed E-state index contributed by atoms with van der Waals surface area (Å²) in [5.74, 6) is 2.04. The van der Waals surface area contributed by atoms with Gasteiger partial charge < -0.3 is 14.5 Å². The van der Waals surface area contributed by atoms with Gasteiger partial charge in [-0.3, -0.25) is 4.90 Å². The van der Waals surface area contributed by atoms with Crippen molar-refractivity contribution in [2.75, 3.05) is 26.7 Å². The highest BCUT2D eigenvalue weighted by molar-refractivity contribution is 5.07. The highest BCUT2D eigenvalue weighted by atomic mass is 16.5. The number of nitrogens with zero attached hydrogens (tertiary/aromatic N) is 1. The Morgan fingerprint density at radius 3 is 2.94 bits per heavy atom. The van der Waals surface area contributed by atoms with E-state index >= 15 is 0 Å².